The van der Waals surface area contributed by atoms with Crippen molar-refractivity contribution in [2.45, 2.75) is 0 Å². The summed E-state index contributed by atoms with van der Waals surface area (Å²) in [4.78, 5) is 23.7. The van der Waals surface area contributed by atoms with Crippen molar-refractivity contribution in [2.75, 3.05) is 20.8 Å². The fourth-order valence-electron chi connectivity index (χ4n) is 2.04. The molecule has 0 aliphatic carbocycles. The Hall–Kier alpha value is -2.87. The van der Waals surface area contributed by atoms with Gasteiger partial charge >= 0.3 is 0 Å². The maximum absolute atomic E-state index is 12.0. The van der Waals surface area contributed by atoms with Crippen LogP contribution in [-0.2, 0) is 4.79 Å². The Kier molecular flexibility index (Phi) is 7.16. The van der Waals surface area contributed by atoms with E-state index in [1.165, 1.54) is 13.3 Å². The summed E-state index contributed by atoms with van der Waals surface area (Å²) in [5.41, 5.74) is 3.53. The predicted molar refractivity (Wildman–Crippen MR) is 102 cm³/mol. The molecule has 0 unspecified atom stereocenters. The van der Waals surface area contributed by atoms with Gasteiger partial charge in [-0.25, -0.2) is 5.43 Å². The van der Waals surface area contributed by atoms with E-state index in [1.807, 2.05) is 6.07 Å². The second kappa shape index (κ2) is 9.57. The summed E-state index contributed by atoms with van der Waals surface area (Å²) >= 11 is 3.29. The van der Waals surface area contributed by atoms with Gasteiger partial charge in [-0.3, -0.25) is 9.59 Å². The maximum Gasteiger partial charge on any atom is 0.259 e. The van der Waals surface area contributed by atoms with Crippen molar-refractivity contribution in [1.82, 2.24) is 10.7 Å². The minimum atomic E-state index is -0.440. The molecule has 136 valence electrons. The van der Waals surface area contributed by atoms with Gasteiger partial charge in [-0.15, -0.1) is 0 Å². The highest BCUT2D eigenvalue weighted by atomic mass is 79.9. The largest absolute Gasteiger partial charge is 0.493 e. The second-order valence-corrected chi connectivity index (χ2v) is 6.02. The minimum absolute atomic E-state index is 0.186. The molecule has 0 aliphatic rings. The first-order valence-electron chi connectivity index (χ1n) is 7.61. The highest BCUT2D eigenvalue weighted by Gasteiger charge is 2.08. The molecule has 0 spiro atoms. The number of hydrogen-bond acceptors (Lipinski definition) is 5. The molecule has 7 nitrogen and oxygen atoms in total. The first-order valence-corrected chi connectivity index (χ1v) is 8.40. The summed E-state index contributed by atoms with van der Waals surface area (Å²) in [6.07, 6.45) is 1.47. The number of ether oxygens (including phenoxy) is 2. The summed E-state index contributed by atoms with van der Waals surface area (Å²) in [5.74, 6) is 0.378. The quantitative estimate of drug-likeness (QED) is 0.532. The van der Waals surface area contributed by atoms with Crippen molar-refractivity contribution in [3.8, 4) is 11.5 Å². The molecule has 8 heteroatoms. The molecule has 0 fully saturated rings. The lowest BCUT2D eigenvalue weighted by molar-refractivity contribution is -0.120. The van der Waals surface area contributed by atoms with Gasteiger partial charge in [0, 0.05) is 10.0 Å². The highest BCUT2D eigenvalue weighted by molar-refractivity contribution is 9.10. The molecule has 2 amide bonds. The molecule has 0 aromatic heterocycles. The second-order valence-electron chi connectivity index (χ2n) is 5.10. The third-order valence-electron chi connectivity index (χ3n) is 3.31. The van der Waals surface area contributed by atoms with Gasteiger partial charge in [0.25, 0.3) is 11.8 Å². The Morgan fingerprint density at radius 2 is 1.88 bits per heavy atom. The van der Waals surface area contributed by atoms with E-state index in [9.17, 15) is 9.59 Å². The van der Waals surface area contributed by atoms with Crippen molar-refractivity contribution in [3.63, 3.8) is 0 Å². The molecule has 2 aromatic rings. The number of rotatable bonds is 7. The van der Waals surface area contributed by atoms with Crippen molar-refractivity contribution >= 4 is 34.0 Å². The molecular formula is C18H18BrN3O4. The van der Waals surface area contributed by atoms with Crippen molar-refractivity contribution in [1.29, 1.82) is 0 Å². The zero-order valence-electron chi connectivity index (χ0n) is 14.3. The van der Waals surface area contributed by atoms with E-state index in [-0.39, 0.29) is 12.5 Å². The van der Waals surface area contributed by atoms with Crippen LogP contribution in [0.15, 0.2) is 52.0 Å². The van der Waals surface area contributed by atoms with Gasteiger partial charge in [-0.2, -0.15) is 5.10 Å². The zero-order valence-corrected chi connectivity index (χ0v) is 15.9. The van der Waals surface area contributed by atoms with Crippen molar-refractivity contribution in [3.05, 3.63) is 58.1 Å². The molecule has 2 rings (SSSR count). The molecule has 0 bridgehead atoms. The summed E-state index contributed by atoms with van der Waals surface area (Å²) in [5, 5.41) is 6.38. The zero-order chi connectivity index (χ0) is 18.9. The summed E-state index contributed by atoms with van der Waals surface area (Å²) in [6.45, 7) is -0.186. The Bertz CT molecular complexity index is 824. The topological polar surface area (TPSA) is 89.0 Å². The van der Waals surface area contributed by atoms with Gasteiger partial charge in [-0.1, -0.05) is 22.0 Å². The van der Waals surface area contributed by atoms with Crippen LogP contribution in [0.2, 0.25) is 0 Å². The van der Waals surface area contributed by atoms with Crippen LogP contribution >= 0.6 is 15.9 Å². The molecule has 0 saturated carbocycles. The minimum Gasteiger partial charge on any atom is -0.493 e. The molecule has 26 heavy (non-hydrogen) atoms. The molecular weight excluding hydrogens is 402 g/mol. The number of nitrogens with zero attached hydrogens (tertiary/aromatic N) is 1. The molecule has 0 heterocycles. The van der Waals surface area contributed by atoms with Gasteiger partial charge in [-0.05, 0) is 42.0 Å². The smallest absolute Gasteiger partial charge is 0.259 e. The lowest BCUT2D eigenvalue weighted by Gasteiger charge is -2.07. The number of hydrogen-bond donors (Lipinski definition) is 2. The average molecular weight is 420 g/mol. The first kappa shape index (κ1) is 19.5. The summed E-state index contributed by atoms with van der Waals surface area (Å²) in [7, 11) is 3.09. The molecule has 0 atom stereocenters. The molecule has 0 radical (unpaired) electrons. The molecule has 0 saturated heterocycles. The number of nitrogens with one attached hydrogen (secondary N) is 2. The van der Waals surface area contributed by atoms with E-state index in [2.05, 4.69) is 31.8 Å². The third-order valence-corrected chi connectivity index (χ3v) is 3.80. The van der Waals surface area contributed by atoms with E-state index in [1.54, 1.807) is 43.5 Å². The number of methoxy groups -OCH3 is 2. The van der Waals surface area contributed by atoms with E-state index < -0.39 is 5.91 Å². The molecule has 2 N–H and O–H groups in total. The summed E-state index contributed by atoms with van der Waals surface area (Å²) in [6, 6.07) is 12.1. The number of benzene rings is 2. The van der Waals surface area contributed by atoms with E-state index in [4.69, 9.17) is 9.47 Å². The van der Waals surface area contributed by atoms with Crippen LogP contribution in [-0.4, -0.2) is 38.8 Å². The van der Waals surface area contributed by atoms with Gasteiger partial charge in [0.05, 0.1) is 27.0 Å². The van der Waals surface area contributed by atoms with Crippen LogP contribution in [0.3, 0.4) is 0 Å². The van der Waals surface area contributed by atoms with Gasteiger partial charge in [0.1, 0.15) is 0 Å². The van der Waals surface area contributed by atoms with E-state index in [0.717, 1.165) is 10.0 Å². The van der Waals surface area contributed by atoms with Crippen LogP contribution in [0.4, 0.5) is 0 Å². The Labute approximate surface area is 159 Å². The third kappa shape index (κ3) is 5.59. The van der Waals surface area contributed by atoms with Crippen LogP contribution in [0.1, 0.15) is 15.9 Å². The SMILES string of the molecule is COc1ccc(C=NNC(=O)CNC(=O)c2cccc(Br)c2)cc1OC. The molecule has 2 aromatic carbocycles. The lowest BCUT2D eigenvalue weighted by Crippen LogP contribution is -2.34. The Morgan fingerprint density at radius 3 is 2.58 bits per heavy atom. The van der Waals surface area contributed by atoms with Gasteiger partial charge in [0.15, 0.2) is 11.5 Å². The van der Waals surface area contributed by atoms with E-state index >= 15 is 0 Å². The van der Waals surface area contributed by atoms with Crippen molar-refractivity contribution in [2.24, 2.45) is 5.10 Å². The van der Waals surface area contributed by atoms with Crippen LogP contribution in [0.5, 0.6) is 11.5 Å². The molecule has 0 aliphatic heterocycles. The fraction of sp³-hybridized carbons (Fsp3) is 0.167. The maximum atomic E-state index is 12.0. The fourth-order valence-corrected chi connectivity index (χ4v) is 2.44. The van der Waals surface area contributed by atoms with Crippen LogP contribution in [0.25, 0.3) is 0 Å². The predicted octanol–water partition coefficient (Wildman–Crippen LogP) is 2.35. The normalized spacial score (nSPS) is 10.4. The van der Waals surface area contributed by atoms with Crippen LogP contribution in [0, 0.1) is 0 Å². The number of halogens is 1. The lowest BCUT2D eigenvalue weighted by atomic mass is 10.2. The standard InChI is InChI=1S/C18H18BrN3O4/c1-25-15-7-6-12(8-16(15)26-2)10-21-22-17(23)11-20-18(24)13-4-3-5-14(19)9-13/h3-10H,11H2,1-2H3,(H,20,24)(H,22,23). The van der Waals surface area contributed by atoms with Crippen LogP contribution < -0.4 is 20.2 Å². The monoisotopic (exact) mass is 419 g/mol. The highest BCUT2D eigenvalue weighted by Crippen LogP contribution is 2.26. The number of amides is 2. The number of carbonyl (C=O) groups excluding carboxylic acids is 2. The number of hydrazone groups is 1. The van der Waals surface area contributed by atoms with Gasteiger partial charge < -0.3 is 14.8 Å². The van der Waals surface area contributed by atoms with Gasteiger partial charge in [0.2, 0.25) is 0 Å². The first-order chi connectivity index (χ1) is 12.5. The van der Waals surface area contributed by atoms with E-state index in [0.29, 0.717) is 17.1 Å². The van der Waals surface area contributed by atoms with Crippen molar-refractivity contribution < 1.29 is 19.1 Å². The number of carbonyl (C=O) groups is 2. The Balaban J connectivity index is 1.85. The summed E-state index contributed by atoms with van der Waals surface area (Å²) < 4.78 is 11.1. The average Bonchev–Trinajstić information content (AvgIpc) is 2.65. The Morgan fingerprint density at radius 1 is 1.12 bits per heavy atom.